The number of benzene rings is 10. The minimum Gasteiger partial charge on any atom is -0.453 e. The summed E-state index contributed by atoms with van der Waals surface area (Å²) in [6.45, 7) is 0. The highest BCUT2D eigenvalue weighted by Crippen LogP contribution is 2.52. The average Bonchev–Trinajstić information content (AvgIpc) is 3.51. The van der Waals surface area contributed by atoms with Gasteiger partial charge in [-0.3, -0.25) is 0 Å². The number of aromatic nitrogens is 6. The summed E-state index contributed by atoms with van der Waals surface area (Å²) >= 11 is 0. The zero-order valence-electron chi connectivity index (χ0n) is 40.9. The van der Waals surface area contributed by atoms with Crippen LogP contribution in [0.1, 0.15) is 11.1 Å². The van der Waals surface area contributed by atoms with E-state index in [-0.39, 0.29) is 0 Å². The monoisotopic (exact) mass is 976 g/mol. The Kier molecular flexibility index (Phi) is 11.0. The molecule has 14 rings (SSSR count). The fraction of sp³-hybridized carbons (Fsp3) is 0.0149. The maximum Gasteiger partial charge on any atom is 0.164 e. The van der Waals surface area contributed by atoms with E-state index in [4.69, 9.17) is 34.6 Å². The zero-order chi connectivity index (χ0) is 50.4. The van der Waals surface area contributed by atoms with Crippen LogP contribution in [-0.2, 0) is 6.42 Å². The summed E-state index contributed by atoms with van der Waals surface area (Å²) < 4.78 is 6.52. The van der Waals surface area contributed by atoms with Gasteiger partial charge in [0.05, 0.1) is 11.4 Å². The molecule has 0 saturated carbocycles. The highest BCUT2D eigenvalue weighted by atomic mass is 16.5. The van der Waals surface area contributed by atoms with Crippen LogP contribution in [0.4, 0.5) is 34.1 Å². The normalized spacial score (nSPS) is 12.2. The topological polar surface area (TPSA) is 93.1 Å². The molecule has 9 nitrogen and oxygen atoms in total. The lowest BCUT2D eigenvalue weighted by molar-refractivity contribution is 0.477. The summed E-state index contributed by atoms with van der Waals surface area (Å²) in [7, 11) is 0. The van der Waals surface area contributed by atoms with Crippen LogP contribution in [-0.4, -0.2) is 29.9 Å². The molecule has 2 aliphatic heterocycles. The highest BCUT2D eigenvalue weighted by Gasteiger charge is 2.30. The van der Waals surface area contributed by atoms with Crippen molar-refractivity contribution in [2.45, 2.75) is 6.42 Å². The fourth-order valence-corrected chi connectivity index (χ4v) is 10.4. The second-order valence-corrected chi connectivity index (χ2v) is 18.7. The molecule has 0 unspecified atom stereocenters. The van der Waals surface area contributed by atoms with Gasteiger partial charge in [-0.15, -0.1) is 0 Å². The molecule has 0 saturated heterocycles. The summed E-state index contributed by atoms with van der Waals surface area (Å²) in [5, 5.41) is 0. The predicted octanol–water partition coefficient (Wildman–Crippen LogP) is 16.7. The molecule has 2 aliphatic rings. The van der Waals surface area contributed by atoms with Crippen LogP contribution in [0.25, 0.3) is 79.5 Å². The van der Waals surface area contributed by atoms with Crippen LogP contribution >= 0.6 is 0 Å². The van der Waals surface area contributed by atoms with Crippen LogP contribution in [0.2, 0.25) is 0 Å². The van der Waals surface area contributed by atoms with Crippen molar-refractivity contribution in [2.75, 3.05) is 9.80 Å². The number of nitrogens with zero attached hydrogens (tertiary/aromatic N) is 8. The van der Waals surface area contributed by atoms with Gasteiger partial charge in [0.1, 0.15) is 0 Å². The van der Waals surface area contributed by atoms with E-state index in [0.29, 0.717) is 34.9 Å². The van der Waals surface area contributed by atoms with Gasteiger partial charge in [0.25, 0.3) is 0 Å². The van der Waals surface area contributed by atoms with Gasteiger partial charge in [-0.25, -0.2) is 29.9 Å². The van der Waals surface area contributed by atoms with Crippen LogP contribution in [0.5, 0.6) is 11.5 Å². The summed E-state index contributed by atoms with van der Waals surface area (Å²) in [6.07, 6.45) is 0.831. The summed E-state index contributed by atoms with van der Waals surface area (Å²) in [4.78, 5) is 36.5. The Balaban J connectivity index is 1.07. The van der Waals surface area contributed by atoms with Crippen molar-refractivity contribution in [3.8, 4) is 91.0 Å². The minimum absolute atomic E-state index is 0.499. The minimum atomic E-state index is 0.499. The number of ether oxygens (including phenoxy) is 1. The van der Waals surface area contributed by atoms with Crippen LogP contribution in [0, 0.1) is 0 Å². The van der Waals surface area contributed by atoms with Crippen molar-refractivity contribution in [1.29, 1.82) is 0 Å². The maximum atomic E-state index is 6.52. The Morgan fingerprint density at radius 2 is 0.566 bits per heavy atom. The zero-order valence-corrected chi connectivity index (χ0v) is 40.9. The molecule has 0 fully saturated rings. The molecule has 358 valence electrons. The summed E-state index contributed by atoms with van der Waals surface area (Å²) in [5.41, 5.74) is 15.2. The molecule has 0 radical (unpaired) electrons. The first-order valence-corrected chi connectivity index (χ1v) is 25.3. The molecular formula is C67H44N8O. The lowest BCUT2D eigenvalue weighted by Gasteiger charge is -2.34. The van der Waals surface area contributed by atoms with Crippen molar-refractivity contribution in [1.82, 2.24) is 29.9 Å². The van der Waals surface area contributed by atoms with Crippen molar-refractivity contribution in [2.24, 2.45) is 0 Å². The van der Waals surface area contributed by atoms with Gasteiger partial charge in [0.15, 0.2) is 46.4 Å². The van der Waals surface area contributed by atoms with Gasteiger partial charge in [0.2, 0.25) is 0 Å². The number of hydrogen-bond donors (Lipinski definition) is 0. The second kappa shape index (κ2) is 18.9. The first-order valence-electron chi connectivity index (χ1n) is 25.3. The van der Waals surface area contributed by atoms with E-state index in [1.807, 2.05) is 158 Å². The van der Waals surface area contributed by atoms with E-state index in [2.05, 4.69) is 107 Å². The third kappa shape index (κ3) is 8.09. The molecule has 12 aromatic rings. The van der Waals surface area contributed by atoms with Crippen LogP contribution in [0.15, 0.2) is 255 Å². The predicted molar refractivity (Wildman–Crippen MR) is 304 cm³/mol. The Morgan fingerprint density at radius 1 is 0.263 bits per heavy atom. The number of para-hydroxylation sites is 6. The van der Waals surface area contributed by atoms with E-state index in [9.17, 15) is 0 Å². The van der Waals surface area contributed by atoms with Crippen molar-refractivity contribution >= 4 is 34.1 Å². The molecule has 10 aromatic carbocycles. The van der Waals surface area contributed by atoms with Crippen molar-refractivity contribution < 1.29 is 4.74 Å². The summed E-state index contributed by atoms with van der Waals surface area (Å²) in [5.74, 6) is 4.75. The van der Waals surface area contributed by atoms with Gasteiger partial charge in [-0.1, -0.05) is 194 Å². The highest BCUT2D eigenvalue weighted by molar-refractivity contribution is 5.96. The van der Waals surface area contributed by atoms with E-state index in [1.165, 1.54) is 11.1 Å². The van der Waals surface area contributed by atoms with Gasteiger partial charge in [-0.05, 0) is 82.9 Å². The van der Waals surface area contributed by atoms with Crippen LogP contribution < -0.4 is 14.5 Å². The molecular weight excluding hydrogens is 933 g/mol. The van der Waals surface area contributed by atoms with Crippen molar-refractivity contribution in [3.63, 3.8) is 0 Å². The Bertz CT molecular complexity index is 3660. The Labute approximate surface area is 439 Å². The van der Waals surface area contributed by atoms with Gasteiger partial charge in [0, 0.05) is 62.6 Å². The molecule has 0 spiro atoms. The second-order valence-electron chi connectivity index (χ2n) is 18.7. The molecule has 0 aliphatic carbocycles. The number of rotatable bonds is 9. The average molecular weight is 977 g/mol. The SMILES string of the molecule is c1ccc(-c2nc(-c3ccccc3)nc(-c3cc(N4c5ccccc5Cc5ccccc54)ccc3-c3ccc(N4c5ccccc5Oc5ccccc54)cc3-c3nc(-c4ccccc4)nc(-c4ccccc4)n3)n2)cc1. The number of hydrogen-bond acceptors (Lipinski definition) is 9. The van der Waals surface area contributed by atoms with E-state index in [1.54, 1.807) is 0 Å². The quantitative estimate of drug-likeness (QED) is 0.140. The molecule has 76 heavy (non-hydrogen) atoms. The fourth-order valence-electron chi connectivity index (χ4n) is 10.4. The Hall–Kier alpha value is -10.4. The van der Waals surface area contributed by atoms with Crippen molar-refractivity contribution in [3.05, 3.63) is 266 Å². The molecule has 9 heteroatoms. The smallest absolute Gasteiger partial charge is 0.164 e. The van der Waals surface area contributed by atoms with E-state index in [0.717, 1.165) is 96.6 Å². The largest absolute Gasteiger partial charge is 0.453 e. The molecule has 0 N–H and O–H groups in total. The van der Waals surface area contributed by atoms with Gasteiger partial charge < -0.3 is 14.5 Å². The summed E-state index contributed by atoms with van der Waals surface area (Å²) in [6, 6.07) is 87.2. The third-order valence-electron chi connectivity index (χ3n) is 14.0. The first kappa shape index (κ1) is 44.3. The number of fused-ring (bicyclic) bond motifs is 4. The van der Waals surface area contributed by atoms with Gasteiger partial charge >= 0.3 is 0 Å². The molecule has 0 amide bonds. The lowest BCUT2D eigenvalue weighted by Crippen LogP contribution is -2.18. The molecule has 0 bridgehead atoms. The lowest BCUT2D eigenvalue weighted by atomic mass is 9.91. The van der Waals surface area contributed by atoms with Crippen LogP contribution in [0.3, 0.4) is 0 Å². The number of anilines is 6. The molecule has 4 heterocycles. The maximum absolute atomic E-state index is 6.52. The first-order chi connectivity index (χ1) is 37.7. The standard InChI is InChI=1S/C67H44N8O/c1-5-21-44(22-6-1)62-68-63(45-23-7-2-8-24-45)71-66(70-62)54-42-50(74-56-31-15-13-29-48(56)41-49-30-14-16-32-57(49)74)37-39-52(54)53-40-38-51(75-58-33-17-19-35-60(58)76-61-36-20-18-34-59(61)75)43-55(53)67-72-64(46-25-9-3-10-26-46)69-65(73-67)47-27-11-4-12-28-47/h1-40,42-43H,41H2. The third-order valence-corrected chi connectivity index (χ3v) is 14.0. The van der Waals surface area contributed by atoms with E-state index < -0.39 is 0 Å². The molecule has 2 aromatic heterocycles. The van der Waals surface area contributed by atoms with E-state index >= 15 is 0 Å². The molecule has 0 atom stereocenters. The van der Waals surface area contributed by atoms with Gasteiger partial charge in [-0.2, -0.15) is 0 Å². The Morgan fingerprint density at radius 3 is 0.947 bits per heavy atom.